The van der Waals surface area contributed by atoms with Gasteiger partial charge in [-0.05, 0) is 65.8 Å². The van der Waals surface area contributed by atoms with Gasteiger partial charge >= 0.3 is 0 Å². The molecule has 0 spiro atoms. The molecule has 1 heterocycles. The number of carbonyl (C=O) groups is 1. The molecule has 5 heteroatoms. The highest BCUT2D eigenvalue weighted by molar-refractivity contribution is 5.91. The van der Waals surface area contributed by atoms with Gasteiger partial charge in [0.05, 0.1) is 0 Å². The Labute approximate surface area is 165 Å². The molecule has 2 aromatic carbocycles. The third kappa shape index (κ3) is 4.60. The van der Waals surface area contributed by atoms with Gasteiger partial charge in [-0.1, -0.05) is 19.9 Å². The van der Waals surface area contributed by atoms with Crippen molar-refractivity contribution in [2.45, 2.75) is 32.6 Å². The van der Waals surface area contributed by atoms with Gasteiger partial charge in [-0.3, -0.25) is 9.59 Å². The maximum atomic E-state index is 12.3. The first-order valence-corrected chi connectivity index (χ1v) is 9.56. The number of rotatable bonds is 6. The van der Waals surface area contributed by atoms with Crippen LogP contribution in [0.25, 0.3) is 10.9 Å². The normalized spacial score (nSPS) is 11.0. The molecule has 5 nitrogen and oxygen atoms in total. The molecule has 1 aromatic heterocycles. The average Bonchev–Trinajstić information content (AvgIpc) is 2.66. The van der Waals surface area contributed by atoms with Gasteiger partial charge in [-0.15, -0.1) is 0 Å². The van der Waals surface area contributed by atoms with Gasteiger partial charge in [0.25, 0.3) is 5.56 Å². The van der Waals surface area contributed by atoms with Crippen LogP contribution in [0.2, 0.25) is 0 Å². The molecule has 0 atom stereocenters. The van der Waals surface area contributed by atoms with E-state index >= 15 is 0 Å². The Morgan fingerprint density at radius 1 is 1.07 bits per heavy atom. The number of nitrogens with one attached hydrogen (secondary N) is 2. The van der Waals surface area contributed by atoms with Gasteiger partial charge in [0.1, 0.15) is 0 Å². The summed E-state index contributed by atoms with van der Waals surface area (Å²) < 4.78 is 0. The van der Waals surface area contributed by atoms with Crippen LogP contribution in [-0.2, 0) is 11.2 Å². The lowest BCUT2D eigenvalue weighted by Gasteiger charge is -2.13. The second kappa shape index (κ2) is 8.30. The highest BCUT2D eigenvalue weighted by atomic mass is 16.1. The number of fused-ring (bicyclic) bond motifs is 1. The van der Waals surface area contributed by atoms with E-state index in [-0.39, 0.29) is 17.9 Å². The maximum Gasteiger partial charge on any atom is 0.251 e. The van der Waals surface area contributed by atoms with Crippen LogP contribution in [0.3, 0.4) is 0 Å². The Kier molecular flexibility index (Phi) is 5.83. The van der Waals surface area contributed by atoms with Crippen molar-refractivity contribution in [3.8, 4) is 0 Å². The number of hydrogen-bond acceptors (Lipinski definition) is 3. The molecule has 146 valence electrons. The summed E-state index contributed by atoms with van der Waals surface area (Å²) in [6.45, 7) is 4.28. The van der Waals surface area contributed by atoms with E-state index in [1.165, 1.54) is 5.56 Å². The number of H-pyrrole nitrogens is 1. The van der Waals surface area contributed by atoms with Crippen LogP contribution in [0.5, 0.6) is 0 Å². The zero-order chi connectivity index (χ0) is 20.3. The third-order valence-corrected chi connectivity index (χ3v) is 4.90. The van der Waals surface area contributed by atoms with Crippen molar-refractivity contribution in [2.24, 2.45) is 0 Å². The lowest BCUT2D eigenvalue weighted by atomic mass is 10.00. The number of aromatic amines is 1. The standard InChI is InChI=1S/C23H27N3O2/c1-15(2)16-5-11-21-18(13-16)14-17(23(28)25-21)6-12-22(27)24-19-7-9-20(10-8-19)26(3)4/h5,7-11,13-15H,6,12H2,1-4H3,(H,24,27)(H,25,28). The Morgan fingerprint density at radius 3 is 2.43 bits per heavy atom. The van der Waals surface area contributed by atoms with Crippen molar-refractivity contribution in [1.29, 1.82) is 0 Å². The molecule has 0 unspecified atom stereocenters. The minimum atomic E-state index is -0.132. The summed E-state index contributed by atoms with van der Waals surface area (Å²) in [6, 6.07) is 15.7. The molecule has 3 rings (SSSR count). The second-order valence-corrected chi connectivity index (χ2v) is 7.61. The van der Waals surface area contributed by atoms with Crippen molar-refractivity contribution in [3.63, 3.8) is 0 Å². The lowest BCUT2D eigenvalue weighted by Crippen LogP contribution is -2.17. The number of nitrogens with zero attached hydrogens (tertiary/aromatic N) is 1. The molecule has 1 amide bonds. The predicted octanol–water partition coefficient (Wildman–Crippen LogP) is 4.29. The van der Waals surface area contributed by atoms with Crippen LogP contribution in [0.4, 0.5) is 11.4 Å². The minimum Gasteiger partial charge on any atom is -0.378 e. The largest absolute Gasteiger partial charge is 0.378 e. The van der Waals surface area contributed by atoms with Gasteiger partial charge in [0.15, 0.2) is 0 Å². The molecular formula is C23H27N3O2. The monoisotopic (exact) mass is 377 g/mol. The van der Waals surface area contributed by atoms with E-state index in [9.17, 15) is 9.59 Å². The lowest BCUT2D eigenvalue weighted by molar-refractivity contribution is -0.116. The summed E-state index contributed by atoms with van der Waals surface area (Å²) >= 11 is 0. The van der Waals surface area contributed by atoms with Crippen molar-refractivity contribution >= 4 is 28.2 Å². The third-order valence-electron chi connectivity index (χ3n) is 4.90. The summed E-state index contributed by atoms with van der Waals surface area (Å²) in [7, 11) is 3.94. The zero-order valence-electron chi connectivity index (χ0n) is 16.9. The molecule has 0 aliphatic heterocycles. The number of amides is 1. The van der Waals surface area contributed by atoms with Gasteiger partial charge in [-0.2, -0.15) is 0 Å². The van der Waals surface area contributed by atoms with E-state index in [0.717, 1.165) is 22.3 Å². The van der Waals surface area contributed by atoms with Crippen LogP contribution in [0.1, 0.15) is 37.3 Å². The average molecular weight is 377 g/mol. The fourth-order valence-corrected chi connectivity index (χ4v) is 3.13. The molecule has 0 saturated carbocycles. The van der Waals surface area contributed by atoms with E-state index in [1.54, 1.807) is 0 Å². The number of benzene rings is 2. The number of aryl methyl sites for hydroxylation is 1. The molecule has 0 radical (unpaired) electrons. The molecule has 0 saturated heterocycles. The van der Waals surface area contributed by atoms with Gasteiger partial charge in [0, 0.05) is 43.0 Å². The van der Waals surface area contributed by atoms with Crippen molar-refractivity contribution < 1.29 is 4.79 Å². The summed E-state index contributed by atoms with van der Waals surface area (Å²) in [5, 5.41) is 3.89. The number of hydrogen-bond donors (Lipinski definition) is 2. The molecule has 28 heavy (non-hydrogen) atoms. The Balaban J connectivity index is 1.69. The van der Waals surface area contributed by atoms with E-state index in [4.69, 9.17) is 0 Å². The first-order valence-electron chi connectivity index (χ1n) is 9.56. The fourth-order valence-electron chi connectivity index (χ4n) is 3.13. The Bertz CT molecular complexity index is 1030. The van der Waals surface area contributed by atoms with E-state index in [0.29, 0.717) is 17.9 Å². The van der Waals surface area contributed by atoms with E-state index in [1.807, 2.05) is 61.5 Å². The highest BCUT2D eigenvalue weighted by Gasteiger charge is 2.09. The van der Waals surface area contributed by atoms with Crippen LogP contribution in [0, 0.1) is 0 Å². The maximum absolute atomic E-state index is 12.3. The molecule has 0 bridgehead atoms. The molecule has 0 aliphatic carbocycles. The number of aromatic nitrogens is 1. The minimum absolute atomic E-state index is 0.104. The van der Waals surface area contributed by atoms with Crippen molar-refractivity contribution in [3.05, 3.63) is 70.0 Å². The number of anilines is 2. The number of carbonyl (C=O) groups excluding carboxylic acids is 1. The van der Waals surface area contributed by atoms with Crippen molar-refractivity contribution in [2.75, 3.05) is 24.3 Å². The Hall–Kier alpha value is -3.08. The molecule has 2 N–H and O–H groups in total. The zero-order valence-corrected chi connectivity index (χ0v) is 16.9. The molecule has 0 fully saturated rings. The summed E-state index contributed by atoms with van der Waals surface area (Å²) in [5.74, 6) is 0.317. The predicted molar refractivity (Wildman–Crippen MR) is 116 cm³/mol. The van der Waals surface area contributed by atoms with Crippen molar-refractivity contribution in [1.82, 2.24) is 4.98 Å². The summed E-state index contributed by atoms with van der Waals surface area (Å²) in [4.78, 5) is 29.5. The quantitative estimate of drug-likeness (QED) is 0.673. The topological polar surface area (TPSA) is 65.2 Å². The molecule has 0 aliphatic rings. The van der Waals surface area contributed by atoms with E-state index in [2.05, 4.69) is 30.2 Å². The first kappa shape index (κ1) is 19.7. The van der Waals surface area contributed by atoms with Gasteiger partial charge < -0.3 is 15.2 Å². The second-order valence-electron chi connectivity index (χ2n) is 7.61. The first-order chi connectivity index (χ1) is 13.3. The Morgan fingerprint density at radius 2 is 1.79 bits per heavy atom. The van der Waals surface area contributed by atoms with Crippen LogP contribution in [-0.4, -0.2) is 25.0 Å². The van der Waals surface area contributed by atoms with E-state index < -0.39 is 0 Å². The number of pyridine rings is 1. The highest BCUT2D eigenvalue weighted by Crippen LogP contribution is 2.20. The smallest absolute Gasteiger partial charge is 0.251 e. The molecule has 3 aromatic rings. The fraction of sp³-hybridized carbons (Fsp3) is 0.304. The van der Waals surface area contributed by atoms with Crippen LogP contribution < -0.4 is 15.8 Å². The van der Waals surface area contributed by atoms with Gasteiger partial charge in [-0.25, -0.2) is 0 Å². The summed E-state index contributed by atoms with van der Waals surface area (Å²) in [6.07, 6.45) is 0.659. The van der Waals surface area contributed by atoms with Crippen LogP contribution >= 0.6 is 0 Å². The van der Waals surface area contributed by atoms with Gasteiger partial charge in [0.2, 0.25) is 5.91 Å². The molecular weight excluding hydrogens is 350 g/mol. The summed E-state index contributed by atoms with van der Waals surface area (Å²) in [5.41, 5.74) is 4.37. The van der Waals surface area contributed by atoms with Crippen LogP contribution in [0.15, 0.2) is 53.3 Å². The SMILES string of the molecule is CC(C)c1ccc2[nH]c(=O)c(CCC(=O)Nc3ccc(N(C)C)cc3)cc2c1.